The lowest BCUT2D eigenvalue weighted by atomic mass is 10.1. The molecule has 2 aromatic carbocycles. The summed E-state index contributed by atoms with van der Waals surface area (Å²) >= 11 is 0. The molecule has 0 unspecified atom stereocenters. The molecule has 7 nitrogen and oxygen atoms in total. The van der Waals surface area contributed by atoms with Gasteiger partial charge in [-0.3, -0.25) is 9.78 Å². The number of fused-ring (bicyclic) bond motifs is 1. The molecule has 0 aliphatic carbocycles. The summed E-state index contributed by atoms with van der Waals surface area (Å²) in [6.45, 7) is 1.78. The van der Waals surface area contributed by atoms with E-state index in [9.17, 15) is 22.4 Å². The molecule has 0 atom stereocenters. The van der Waals surface area contributed by atoms with Gasteiger partial charge in [-0.05, 0) is 49.4 Å². The number of rotatable bonds is 4. The molecule has 0 bridgehead atoms. The fraction of sp³-hybridized carbons (Fsp3) is 0.0833. The van der Waals surface area contributed by atoms with Crippen LogP contribution in [-0.2, 0) is 0 Å². The van der Waals surface area contributed by atoms with Crippen molar-refractivity contribution < 1.29 is 22.3 Å². The zero-order valence-electron chi connectivity index (χ0n) is 18.0. The highest BCUT2D eigenvalue weighted by Gasteiger charge is 2.31. The summed E-state index contributed by atoms with van der Waals surface area (Å²) < 4.78 is 58.6. The average molecular weight is 481 g/mol. The highest BCUT2D eigenvalue weighted by Crippen LogP contribution is 2.27. The molecular weight excluding hydrogens is 466 g/mol. The van der Waals surface area contributed by atoms with Crippen LogP contribution in [0.3, 0.4) is 0 Å². The van der Waals surface area contributed by atoms with E-state index in [0.29, 0.717) is 28.0 Å². The molecule has 3 heterocycles. The predicted octanol–water partition coefficient (Wildman–Crippen LogP) is 4.98. The van der Waals surface area contributed by atoms with Crippen LogP contribution in [0.15, 0.2) is 77.9 Å². The van der Waals surface area contributed by atoms with Gasteiger partial charge in [-0.2, -0.15) is 10.2 Å². The smallest absolute Gasteiger partial charge is 0.406 e. The number of nitrogens with zero attached hydrogens (tertiary/aromatic N) is 5. The third-order valence-electron chi connectivity index (χ3n) is 5.11. The van der Waals surface area contributed by atoms with Crippen molar-refractivity contribution in [1.82, 2.24) is 24.5 Å². The highest BCUT2D eigenvalue weighted by molar-refractivity contribution is 5.88. The van der Waals surface area contributed by atoms with Crippen LogP contribution in [0.4, 0.5) is 17.6 Å². The van der Waals surface area contributed by atoms with Crippen molar-refractivity contribution in [1.29, 1.82) is 0 Å². The van der Waals surface area contributed by atoms with E-state index < -0.39 is 23.4 Å². The fourth-order valence-electron chi connectivity index (χ4n) is 3.71. The molecule has 0 aliphatic heterocycles. The molecular formula is C24H15F4N5O2. The first-order valence-corrected chi connectivity index (χ1v) is 10.3. The van der Waals surface area contributed by atoms with Crippen LogP contribution in [0.5, 0.6) is 5.75 Å². The molecule has 0 aliphatic rings. The number of alkyl halides is 3. The molecule has 35 heavy (non-hydrogen) atoms. The number of aryl methyl sites for hydroxylation is 1. The van der Waals surface area contributed by atoms with E-state index in [1.165, 1.54) is 52.1 Å². The second-order valence-corrected chi connectivity index (χ2v) is 7.59. The second kappa shape index (κ2) is 8.35. The van der Waals surface area contributed by atoms with Gasteiger partial charge in [0.25, 0.3) is 0 Å². The van der Waals surface area contributed by atoms with Crippen molar-refractivity contribution in [2.75, 3.05) is 0 Å². The van der Waals surface area contributed by atoms with Crippen molar-refractivity contribution in [3.05, 3.63) is 94.8 Å². The maximum absolute atomic E-state index is 14.0. The molecule has 0 amide bonds. The van der Waals surface area contributed by atoms with Crippen LogP contribution in [0.2, 0.25) is 0 Å². The van der Waals surface area contributed by atoms with Gasteiger partial charge in [-0.15, -0.1) is 13.2 Å². The van der Waals surface area contributed by atoms with Crippen LogP contribution < -0.4 is 10.2 Å². The van der Waals surface area contributed by atoms with Gasteiger partial charge < -0.3 is 4.74 Å². The third kappa shape index (κ3) is 4.47. The highest BCUT2D eigenvalue weighted by atomic mass is 19.4. The molecule has 0 radical (unpaired) electrons. The Morgan fingerprint density at radius 1 is 1.00 bits per heavy atom. The van der Waals surface area contributed by atoms with Gasteiger partial charge in [-0.1, -0.05) is 6.07 Å². The Labute approximate surface area is 194 Å². The number of hydrogen-bond donors (Lipinski definition) is 0. The molecule has 0 fully saturated rings. The summed E-state index contributed by atoms with van der Waals surface area (Å²) in [5.41, 5.74) is 1.79. The van der Waals surface area contributed by atoms with Crippen molar-refractivity contribution in [3.8, 4) is 28.5 Å². The fourth-order valence-corrected chi connectivity index (χ4v) is 3.71. The zero-order valence-corrected chi connectivity index (χ0v) is 18.0. The Balaban J connectivity index is 1.64. The number of benzene rings is 2. The van der Waals surface area contributed by atoms with Gasteiger partial charge in [0.2, 0.25) is 5.43 Å². The SMILES string of the molecule is Cc1cc(-n2nccc2-c2nn(-c3cccc(OC(F)(F)F)c3)ccc2=O)c2cc(F)ccc2n1. The Hall–Kier alpha value is -4.54. The Bertz CT molecular complexity index is 1620. The van der Waals surface area contributed by atoms with Gasteiger partial charge in [0.15, 0.2) is 5.69 Å². The second-order valence-electron chi connectivity index (χ2n) is 7.59. The minimum absolute atomic E-state index is 0.00818. The van der Waals surface area contributed by atoms with Crippen molar-refractivity contribution in [2.24, 2.45) is 0 Å². The molecule has 5 aromatic rings. The minimum atomic E-state index is -4.85. The lowest BCUT2D eigenvalue weighted by molar-refractivity contribution is -0.274. The molecule has 5 rings (SSSR count). The third-order valence-corrected chi connectivity index (χ3v) is 5.11. The van der Waals surface area contributed by atoms with E-state index in [2.05, 4.69) is 19.9 Å². The normalized spacial score (nSPS) is 11.7. The van der Waals surface area contributed by atoms with Crippen LogP contribution in [0, 0.1) is 12.7 Å². The van der Waals surface area contributed by atoms with Gasteiger partial charge in [-0.25, -0.2) is 13.8 Å². The minimum Gasteiger partial charge on any atom is -0.406 e. The van der Waals surface area contributed by atoms with Crippen LogP contribution in [-0.4, -0.2) is 30.9 Å². The molecule has 3 aromatic heterocycles. The van der Waals surface area contributed by atoms with Crippen LogP contribution in [0.25, 0.3) is 33.7 Å². The lowest BCUT2D eigenvalue weighted by Gasteiger charge is -2.13. The monoisotopic (exact) mass is 481 g/mol. The van der Waals surface area contributed by atoms with Crippen molar-refractivity contribution >= 4 is 10.9 Å². The summed E-state index contributed by atoms with van der Waals surface area (Å²) in [7, 11) is 0. The summed E-state index contributed by atoms with van der Waals surface area (Å²) in [5.74, 6) is -0.887. The zero-order chi connectivity index (χ0) is 24.7. The molecule has 176 valence electrons. The van der Waals surface area contributed by atoms with Gasteiger partial charge in [0.05, 0.1) is 28.8 Å². The summed E-state index contributed by atoms with van der Waals surface area (Å²) in [4.78, 5) is 17.2. The van der Waals surface area contributed by atoms with Crippen molar-refractivity contribution in [2.45, 2.75) is 13.3 Å². The first-order valence-electron chi connectivity index (χ1n) is 10.3. The van der Waals surface area contributed by atoms with E-state index >= 15 is 0 Å². The summed E-state index contributed by atoms with van der Waals surface area (Å²) in [6.07, 6.45) is -2.05. The molecule has 11 heteroatoms. The first kappa shape index (κ1) is 22.3. The van der Waals surface area contributed by atoms with Gasteiger partial charge in [0, 0.05) is 29.4 Å². The quantitative estimate of drug-likeness (QED) is 0.339. The molecule has 0 saturated heterocycles. The molecule has 0 spiro atoms. The number of halogens is 4. The van der Waals surface area contributed by atoms with E-state index in [0.717, 1.165) is 12.1 Å². The average Bonchev–Trinajstić information content (AvgIpc) is 3.28. The van der Waals surface area contributed by atoms with Gasteiger partial charge >= 0.3 is 6.36 Å². The van der Waals surface area contributed by atoms with Crippen LogP contribution in [0.1, 0.15) is 5.69 Å². The summed E-state index contributed by atoms with van der Waals surface area (Å²) in [6, 6.07) is 13.9. The number of aromatic nitrogens is 5. The largest absolute Gasteiger partial charge is 0.573 e. The number of ether oxygens (including phenoxy) is 1. The Morgan fingerprint density at radius 2 is 1.83 bits per heavy atom. The predicted molar refractivity (Wildman–Crippen MR) is 119 cm³/mol. The van der Waals surface area contributed by atoms with E-state index in [4.69, 9.17) is 0 Å². The van der Waals surface area contributed by atoms with E-state index in [1.54, 1.807) is 25.1 Å². The Morgan fingerprint density at radius 3 is 2.63 bits per heavy atom. The standard InChI is InChI=1S/C24H15F4N5O2/c1-14-11-21(18-12-15(25)5-6-19(18)30-14)33-20(7-9-29-33)23-22(34)8-10-32(31-23)16-3-2-4-17(13-16)35-24(26,27)28/h2-13H,1H3. The first-order chi connectivity index (χ1) is 16.7. The lowest BCUT2D eigenvalue weighted by Crippen LogP contribution is -2.17. The van der Waals surface area contributed by atoms with E-state index in [1.807, 2.05) is 0 Å². The maximum Gasteiger partial charge on any atom is 0.573 e. The number of pyridine rings is 1. The molecule has 0 N–H and O–H groups in total. The van der Waals surface area contributed by atoms with E-state index in [-0.39, 0.29) is 11.4 Å². The maximum atomic E-state index is 14.0. The Kier molecular flexibility index (Phi) is 5.31. The topological polar surface area (TPSA) is 74.8 Å². The van der Waals surface area contributed by atoms with Crippen LogP contribution >= 0.6 is 0 Å². The summed E-state index contributed by atoms with van der Waals surface area (Å²) in [5, 5.41) is 9.14. The van der Waals surface area contributed by atoms with Gasteiger partial charge in [0.1, 0.15) is 11.6 Å². The molecule has 0 saturated carbocycles. The number of hydrogen-bond acceptors (Lipinski definition) is 5. The van der Waals surface area contributed by atoms with Crippen molar-refractivity contribution in [3.63, 3.8) is 0 Å².